The van der Waals surface area contributed by atoms with Gasteiger partial charge in [-0.2, -0.15) is 0 Å². The lowest BCUT2D eigenvalue weighted by Gasteiger charge is -2.13. The van der Waals surface area contributed by atoms with E-state index in [4.69, 9.17) is 0 Å². The number of carbonyl (C=O) groups excluding carboxylic acids is 4. The molecule has 4 amide bonds. The van der Waals surface area contributed by atoms with Crippen molar-refractivity contribution in [2.75, 3.05) is 24.6 Å². The summed E-state index contributed by atoms with van der Waals surface area (Å²) in [5.41, 5.74) is 0. The number of imide groups is 2. The third-order valence-corrected chi connectivity index (χ3v) is 6.44. The summed E-state index contributed by atoms with van der Waals surface area (Å²) in [4.78, 5) is 49.7. The fourth-order valence-corrected chi connectivity index (χ4v) is 5.01. The minimum absolute atomic E-state index is 0.104. The maximum absolute atomic E-state index is 11.9. The van der Waals surface area contributed by atoms with E-state index >= 15 is 0 Å². The van der Waals surface area contributed by atoms with Gasteiger partial charge in [0.15, 0.2) is 0 Å². The summed E-state index contributed by atoms with van der Waals surface area (Å²) in [5.74, 6) is 0.964. The van der Waals surface area contributed by atoms with Crippen molar-refractivity contribution in [2.24, 2.45) is 0 Å². The van der Waals surface area contributed by atoms with Gasteiger partial charge >= 0.3 is 0 Å². The molecule has 2 rings (SSSR count). The van der Waals surface area contributed by atoms with Crippen LogP contribution in [0.15, 0.2) is 0 Å². The monoisotopic (exact) mass is 344 g/mol. The Kier molecular flexibility index (Phi) is 5.91. The van der Waals surface area contributed by atoms with E-state index in [1.807, 2.05) is 0 Å². The molecule has 2 aliphatic rings. The zero-order valence-corrected chi connectivity index (χ0v) is 14.4. The van der Waals surface area contributed by atoms with Crippen molar-refractivity contribution < 1.29 is 19.2 Å². The Morgan fingerprint density at radius 3 is 1.45 bits per heavy atom. The first-order valence-corrected chi connectivity index (χ1v) is 9.50. The number of hydrogen-bond acceptors (Lipinski definition) is 6. The van der Waals surface area contributed by atoms with Crippen molar-refractivity contribution in [3.05, 3.63) is 0 Å². The number of carbonyl (C=O) groups is 4. The van der Waals surface area contributed by atoms with Crippen LogP contribution in [0.5, 0.6) is 0 Å². The zero-order valence-electron chi connectivity index (χ0n) is 12.7. The van der Waals surface area contributed by atoms with Crippen molar-refractivity contribution in [1.29, 1.82) is 0 Å². The Morgan fingerprint density at radius 2 is 1.18 bits per heavy atom. The van der Waals surface area contributed by atoms with Gasteiger partial charge in [-0.1, -0.05) is 0 Å². The average Bonchev–Trinajstić information content (AvgIpc) is 2.91. The molecule has 122 valence electrons. The largest absolute Gasteiger partial charge is 0.282 e. The molecule has 2 aliphatic heterocycles. The predicted molar refractivity (Wildman–Crippen MR) is 86.5 cm³/mol. The maximum atomic E-state index is 11.9. The van der Waals surface area contributed by atoms with Crippen molar-refractivity contribution in [1.82, 2.24) is 9.80 Å². The molecule has 0 spiro atoms. The lowest BCUT2D eigenvalue weighted by atomic mass is 10.4. The SMILES string of the molecule is CCN1C(=O)C[C@H](SCCS[C@@H]2CC(=O)N(CC)C2=O)C1=O. The van der Waals surface area contributed by atoms with Gasteiger partial charge in [-0.05, 0) is 13.8 Å². The van der Waals surface area contributed by atoms with Crippen molar-refractivity contribution in [3.8, 4) is 0 Å². The molecule has 0 aromatic rings. The molecule has 8 heteroatoms. The number of thioether (sulfide) groups is 2. The number of nitrogens with zero attached hydrogens (tertiary/aromatic N) is 2. The number of hydrogen-bond donors (Lipinski definition) is 0. The fraction of sp³-hybridized carbons (Fsp3) is 0.714. The number of rotatable bonds is 7. The summed E-state index contributed by atoms with van der Waals surface area (Å²) in [6, 6.07) is 0. The second-order valence-electron chi connectivity index (χ2n) is 5.08. The summed E-state index contributed by atoms with van der Waals surface area (Å²) in [7, 11) is 0. The fourth-order valence-electron chi connectivity index (χ4n) is 2.61. The summed E-state index contributed by atoms with van der Waals surface area (Å²) in [6.07, 6.45) is 0.541. The lowest BCUT2D eigenvalue weighted by molar-refractivity contribution is -0.139. The quantitative estimate of drug-likeness (QED) is 0.501. The molecule has 6 nitrogen and oxygen atoms in total. The molecule has 2 atom stereocenters. The molecular formula is C14H20N2O4S2. The third-order valence-electron chi connectivity index (χ3n) is 3.76. The second-order valence-corrected chi connectivity index (χ2v) is 7.70. The van der Waals surface area contributed by atoms with Crippen LogP contribution in [0.1, 0.15) is 26.7 Å². The summed E-state index contributed by atoms with van der Waals surface area (Å²) >= 11 is 2.93. The van der Waals surface area contributed by atoms with Crippen LogP contribution in [0.3, 0.4) is 0 Å². The van der Waals surface area contributed by atoms with Crippen LogP contribution in [0.25, 0.3) is 0 Å². The van der Waals surface area contributed by atoms with Crippen LogP contribution < -0.4 is 0 Å². The van der Waals surface area contributed by atoms with Gasteiger partial charge in [0.1, 0.15) is 0 Å². The third kappa shape index (κ3) is 3.48. The molecule has 22 heavy (non-hydrogen) atoms. The first-order chi connectivity index (χ1) is 10.5. The Labute approximate surface area is 138 Å². The van der Waals surface area contributed by atoms with E-state index in [1.165, 1.54) is 33.3 Å². The minimum atomic E-state index is -0.291. The maximum Gasteiger partial charge on any atom is 0.242 e. The summed E-state index contributed by atoms with van der Waals surface area (Å²) in [6.45, 7) is 4.44. The van der Waals surface area contributed by atoms with Gasteiger partial charge in [0.2, 0.25) is 23.6 Å². The molecule has 0 saturated carbocycles. The minimum Gasteiger partial charge on any atom is -0.282 e. The Morgan fingerprint density at radius 1 is 0.818 bits per heavy atom. The van der Waals surface area contributed by atoms with Gasteiger partial charge in [0, 0.05) is 37.4 Å². The molecule has 0 bridgehead atoms. The number of amides is 4. The van der Waals surface area contributed by atoms with Gasteiger partial charge in [0.25, 0.3) is 0 Å². The van der Waals surface area contributed by atoms with Crippen molar-refractivity contribution in [2.45, 2.75) is 37.2 Å². The van der Waals surface area contributed by atoms with Crippen LogP contribution >= 0.6 is 23.5 Å². The number of likely N-dealkylation sites (tertiary alicyclic amines) is 2. The molecular weight excluding hydrogens is 324 g/mol. The van der Waals surface area contributed by atoms with Crippen LogP contribution in [0.2, 0.25) is 0 Å². The molecule has 2 saturated heterocycles. The van der Waals surface area contributed by atoms with Gasteiger partial charge in [-0.15, -0.1) is 23.5 Å². The van der Waals surface area contributed by atoms with Crippen LogP contribution in [0.4, 0.5) is 0 Å². The first kappa shape index (κ1) is 17.3. The van der Waals surface area contributed by atoms with Gasteiger partial charge in [-0.3, -0.25) is 29.0 Å². The Bertz CT molecular complexity index is 453. The zero-order chi connectivity index (χ0) is 16.3. The summed E-state index contributed by atoms with van der Waals surface area (Å²) in [5, 5.41) is -0.581. The van der Waals surface area contributed by atoms with E-state index in [0.29, 0.717) is 24.6 Å². The molecule has 0 unspecified atom stereocenters. The molecule has 0 radical (unpaired) electrons. The normalized spacial score (nSPS) is 25.7. The van der Waals surface area contributed by atoms with Crippen molar-refractivity contribution in [3.63, 3.8) is 0 Å². The van der Waals surface area contributed by atoms with Gasteiger partial charge in [-0.25, -0.2) is 0 Å². The molecule has 0 aromatic heterocycles. The van der Waals surface area contributed by atoms with E-state index in [0.717, 1.165) is 0 Å². The van der Waals surface area contributed by atoms with E-state index in [1.54, 1.807) is 13.8 Å². The predicted octanol–water partition coefficient (Wildman–Crippen LogP) is 0.748. The molecule has 2 fully saturated rings. The van der Waals surface area contributed by atoms with Crippen LogP contribution in [-0.2, 0) is 19.2 Å². The van der Waals surface area contributed by atoms with E-state index in [2.05, 4.69) is 0 Å². The highest BCUT2D eigenvalue weighted by Gasteiger charge is 2.39. The smallest absolute Gasteiger partial charge is 0.242 e. The molecule has 2 heterocycles. The van der Waals surface area contributed by atoms with E-state index in [9.17, 15) is 19.2 Å². The van der Waals surface area contributed by atoms with Crippen molar-refractivity contribution >= 4 is 47.2 Å². The first-order valence-electron chi connectivity index (χ1n) is 7.41. The summed E-state index contributed by atoms with van der Waals surface area (Å²) < 4.78 is 0. The molecule has 0 N–H and O–H groups in total. The van der Waals surface area contributed by atoms with E-state index < -0.39 is 0 Å². The Balaban J connectivity index is 1.72. The highest BCUT2D eigenvalue weighted by atomic mass is 32.2. The van der Waals surface area contributed by atoms with Gasteiger partial charge < -0.3 is 0 Å². The average molecular weight is 344 g/mol. The standard InChI is InChI=1S/C14H20N2O4S2/c1-3-15-11(17)7-9(13(15)19)21-5-6-22-10-8-12(18)16(4-2)14(10)20/h9-10H,3-8H2,1-2H3/t9-,10+. The lowest BCUT2D eigenvalue weighted by Crippen LogP contribution is -2.31. The van der Waals surface area contributed by atoms with E-state index in [-0.39, 0.29) is 47.0 Å². The highest BCUT2D eigenvalue weighted by molar-refractivity contribution is 8.04. The molecule has 0 aromatic carbocycles. The van der Waals surface area contributed by atoms with Gasteiger partial charge in [0.05, 0.1) is 10.5 Å². The van der Waals surface area contributed by atoms with Crippen LogP contribution in [0, 0.1) is 0 Å². The highest BCUT2D eigenvalue weighted by Crippen LogP contribution is 2.29. The Hall–Kier alpha value is -1.02. The molecule has 0 aliphatic carbocycles. The van der Waals surface area contributed by atoms with Crippen LogP contribution in [-0.4, -0.2) is 68.5 Å². The topological polar surface area (TPSA) is 74.8 Å². The second kappa shape index (κ2) is 7.50.